The van der Waals surface area contributed by atoms with E-state index in [0.29, 0.717) is 36.7 Å². The number of aryl methyl sites for hydroxylation is 1. The number of rotatable bonds is 3. The van der Waals surface area contributed by atoms with Crippen LogP contribution in [0, 0.1) is 17.8 Å². The first kappa shape index (κ1) is 21.1. The zero-order valence-electron chi connectivity index (χ0n) is 17.7. The van der Waals surface area contributed by atoms with Crippen molar-refractivity contribution in [2.75, 3.05) is 26.2 Å². The van der Waals surface area contributed by atoms with Gasteiger partial charge in [0.1, 0.15) is 0 Å². The number of fused-ring (bicyclic) bond motifs is 1. The van der Waals surface area contributed by atoms with Gasteiger partial charge >= 0.3 is 5.76 Å². The lowest BCUT2D eigenvalue weighted by Gasteiger charge is -2.39. The molecule has 0 aliphatic carbocycles. The van der Waals surface area contributed by atoms with Gasteiger partial charge in [0.2, 0.25) is 15.9 Å². The molecule has 0 saturated carbocycles. The normalized spacial score (nSPS) is 26.2. The zero-order valence-corrected chi connectivity index (χ0v) is 18.5. The minimum Gasteiger partial charge on any atom is -0.408 e. The lowest BCUT2D eigenvalue weighted by Crippen LogP contribution is -2.50. The largest absolute Gasteiger partial charge is 0.419 e. The number of piperidine rings is 2. The molecule has 0 spiro atoms. The van der Waals surface area contributed by atoms with E-state index in [1.807, 2.05) is 4.90 Å². The molecule has 4 rings (SSSR count). The van der Waals surface area contributed by atoms with E-state index in [0.717, 1.165) is 19.5 Å². The number of hydrogen-bond donors (Lipinski definition) is 0. The van der Waals surface area contributed by atoms with Gasteiger partial charge < -0.3 is 9.32 Å². The third-order valence-electron chi connectivity index (χ3n) is 6.32. The van der Waals surface area contributed by atoms with Crippen LogP contribution in [0.15, 0.2) is 32.3 Å². The topological polar surface area (TPSA) is 92.8 Å². The number of likely N-dealkylation sites (tertiary alicyclic amines) is 1. The highest BCUT2D eigenvalue weighted by Crippen LogP contribution is 2.29. The summed E-state index contributed by atoms with van der Waals surface area (Å²) in [5.41, 5.74) is 0.781. The number of sulfonamides is 1. The van der Waals surface area contributed by atoms with Crippen LogP contribution in [-0.2, 0) is 21.9 Å². The predicted molar refractivity (Wildman–Crippen MR) is 112 cm³/mol. The van der Waals surface area contributed by atoms with Crippen molar-refractivity contribution in [3.8, 4) is 0 Å². The molecule has 2 aromatic rings. The average molecular weight is 436 g/mol. The Balaban J connectivity index is 1.55. The van der Waals surface area contributed by atoms with E-state index in [-0.39, 0.29) is 28.8 Å². The molecule has 1 amide bonds. The third kappa shape index (κ3) is 3.80. The maximum absolute atomic E-state index is 13.2. The molecule has 2 saturated heterocycles. The van der Waals surface area contributed by atoms with Crippen LogP contribution in [0.1, 0.15) is 33.1 Å². The molecule has 164 valence electrons. The van der Waals surface area contributed by atoms with E-state index in [9.17, 15) is 18.0 Å². The smallest absolute Gasteiger partial charge is 0.408 e. The molecular formula is C21H29N3O5S. The summed E-state index contributed by atoms with van der Waals surface area (Å²) in [4.78, 5) is 26.8. The summed E-state index contributed by atoms with van der Waals surface area (Å²) in [6.45, 7) is 6.39. The van der Waals surface area contributed by atoms with Crippen LogP contribution in [-0.4, -0.2) is 54.3 Å². The quantitative estimate of drug-likeness (QED) is 0.736. The van der Waals surface area contributed by atoms with Crippen molar-refractivity contribution in [1.29, 1.82) is 0 Å². The highest BCUT2D eigenvalue weighted by molar-refractivity contribution is 7.89. The summed E-state index contributed by atoms with van der Waals surface area (Å²) in [7, 11) is -2.21. The Bertz CT molecular complexity index is 1110. The van der Waals surface area contributed by atoms with E-state index in [1.54, 1.807) is 13.1 Å². The maximum atomic E-state index is 13.2. The predicted octanol–water partition coefficient (Wildman–Crippen LogP) is 2.04. The third-order valence-corrected chi connectivity index (χ3v) is 8.18. The molecule has 0 radical (unpaired) electrons. The number of hydrogen-bond acceptors (Lipinski definition) is 5. The fourth-order valence-corrected chi connectivity index (χ4v) is 6.43. The molecule has 9 heteroatoms. The Kier molecular flexibility index (Phi) is 5.52. The Morgan fingerprint density at radius 2 is 1.83 bits per heavy atom. The van der Waals surface area contributed by atoms with Gasteiger partial charge in [-0.15, -0.1) is 0 Å². The molecule has 1 aromatic heterocycles. The molecular weight excluding hydrogens is 406 g/mol. The number of benzene rings is 1. The Morgan fingerprint density at radius 1 is 1.13 bits per heavy atom. The molecule has 3 atom stereocenters. The molecule has 3 heterocycles. The van der Waals surface area contributed by atoms with E-state index >= 15 is 0 Å². The van der Waals surface area contributed by atoms with Crippen molar-refractivity contribution >= 4 is 27.0 Å². The van der Waals surface area contributed by atoms with Crippen LogP contribution in [0.4, 0.5) is 0 Å². The first-order valence-corrected chi connectivity index (χ1v) is 12.0. The second-order valence-electron chi connectivity index (χ2n) is 8.95. The molecule has 8 nitrogen and oxygen atoms in total. The Labute approximate surface area is 176 Å². The molecule has 1 aromatic carbocycles. The fourth-order valence-electron chi connectivity index (χ4n) is 4.89. The van der Waals surface area contributed by atoms with Crippen LogP contribution in [0.3, 0.4) is 0 Å². The highest BCUT2D eigenvalue weighted by atomic mass is 32.2. The highest BCUT2D eigenvalue weighted by Gasteiger charge is 2.37. The minimum atomic E-state index is -3.78. The van der Waals surface area contributed by atoms with Gasteiger partial charge in [-0.2, -0.15) is 4.31 Å². The Hall–Kier alpha value is -2.13. The second-order valence-corrected chi connectivity index (χ2v) is 10.9. The number of carbonyl (C=O) groups is 1. The zero-order chi connectivity index (χ0) is 21.6. The molecule has 2 aliphatic heterocycles. The summed E-state index contributed by atoms with van der Waals surface area (Å²) in [6, 6.07) is 4.47. The van der Waals surface area contributed by atoms with Gasteiger partial charge in [0, 0.05) is 39.3 Å². The molecule has 30 heavy (non-hydrogen) atoms. The molecule has 0 N–H and O–H groups in total. The summed E-state index contributed by atoms with van der Waals surface area (Å²) in [6.07, 6.45) is 2.47. The van der Waals surface area contributed by atoms with Crippen molar-refractivity contribution in [3.63, 3.8) is 0 Å². The lowest BCUT2D eigenvalue weighted by molar-refractivity contribution is -0.139. The van der Waals surface area contributed by atoms with Crippen LogP contribution in [0.25, 0.3) is 11.1 Å². The van der Waals surface area contributed by atoms with E-state index in [1.165, 1.54) is 21.0 Å². The second kappa shape index (κ2) is 7.85. The van der Waals surface area contributed by atoms with Gasteiger partial charge in [-0.1, -0.05) is 13.8 Å². The SMILES string of the molecule is CC1CC(C)CN(C(=O)C2CCCN(S(=O)(=O)c3ccc4c(c3)oc(=O)n4C)C2)C1. The number of oxazole rings is 1. The van der Waals surface area contributed by atoms with Crippen LogP contribution in [0.2, 0.25) is 0 Å². The summed E-state index contributed by atoms with van der Waals surface area (Å²) in [5, 5.41) is 0. The van der Waals surface area contributed by atoms with Crippen molar-refractivity contribution in [1.82, 2.24) is 13.8 Å². The first-order valence-electron chi connectivity index (χ1n) is 10.6. The van der Waals surface area contributed by atoms with Crippen LogP contribution in [0.5, 0.6) is 0 Å². The van der Waals surface area contributed by atoms with Crippen molar-refractivity contribution < 1.29 is 17.6 Å². The summed E-state index contributed by atoms with van der Waals surface area (Å²) in [5.74, 6) is 0.150. The molecule has 2 aliphatic rings. The molecule has 0 bridgehead atoms. The molecule has 2 fully saturated rings. The first-order chi connectivity index (χ1) is 14.2. The van der Waals surface area contributed by atoms with Gasteiger partial charge in [0.05, 0.1) is 16.3 Å². The van der Waals surface area contributed by atoms with Gasteiger partial charge in [-0.3, -0.25) is 9.36 Å². The molecule has 3 unspecified atom stereocenters. The number of carbonyl (C=O) groups excluding carboxylic acids is 1. The summed E-state index contributed by atoms with van der Waals surface area (Å²) < 4.78 is 34.4. The standard InChI is InChI=1S/C21H29N3O5S/c1-14-9-15(2)12-23(11-14)20(25)16-5-4-8-24(13-16)30(27,28)17-6-7-18-19(10-17)29-21(26)22(18)3/h6-7,10,14-16H,4-5,8-9,11-13H2,1-3H3. The minimum absolute atomic E-state index is 0.0674. The maximum Gasteiger partial charge on any atom is 0.419 e. The van der Waals surface area contributed by atoms with E-state index in [4.69, 9.17) is 4.42 Å². The number of aromatic nitrogens is 1. The number of amides is 1. The van der Waals surface area contributed by atoms with E-state index < -0.39 is 15.8 Å². The van der Waals surface area contributed by atoms with Gasteiger partial charge in [0.15, 0.2) is 5.58 Å². The number of nitrogens with zero attached hydrogens (tertiary/aromatic N) is 3. The van der Waals surface area contributed by atoms with Gasteiger partial charge in [0.25, 0.3) is 0 Å². The van der Waals surface area contributed by atoms with Crippen molar-refractivity contribution in [2.45, 2.75) is 38.0 Å². The fraction of sp³-hybridized carbons (Fsp3) is 0.619. The Morgan fingerprint density at radius 3 is 2.53 bits per heavy atom. The summed E-state index contributed by atoms with van der Waals surface area (Å²) >= 11 is 0. The van der Waals surface area contributed by atoms with Gasteiger partial charge in [-0.05, 0) is 43.2 Å². The van der Waals surface area contributed by atoms with E-state index in [2.05, 4.69) is 13.8 Å². The average Bonchev–Trinajstić information content (AvgIpc) is 3.00. The lowest BCUT2D eigenvalue weighted by atomic mass is 9.90. The van der Waals surface area contributed by atoms with Gasteiger partial charge in [-0.25, -0.2) is 13.2 Å². The van der Waals surface area contributed by atoms with Crippen molar-refractivity contribution in [2.24, 2.45) is 24.8 Å². The van der Waals surface area contributed by atoms with Crippen molar-refractivity contribution in [3.05, 3.63) is 28.7 Å². The van der Waals surface area contributed by atoms with Crippen LogP contribution >= 0.6 is 0 Å². The van der Waals surface area contributed by atoms with Crippen LogP contribution < -0.4 is 5.76 Å². The monoisotopic (exact) mass is 435 g/mol.